The molecule has 2 aromatic heterocycles. The van der Waals surface area contributed by atoms with Gasteiger partial charge < -0.3 is 9.64 Å². The van der Waals surface area contributed by atoms with E-state index in [1.54, 1.807) is 12.4 Å². The average molecular weight is 420 g/mol. The van der Waals surface area contributed by atoms with Crippen molar-refractivity contribution in [1.82, 2.24) is 24.6 Å². The summed E-state index contributed by atoms with van der Waals surface area (Å²) < 4.78 is 7.76. The zero-order valence-electron chi connectivity index (χ0n) is 17.8. The van der Waals surface area contributed by atoms with Gasteiger partial charge in [-0.1, -0.05) is 31.0 Å². The summed E-state index contributed by atoms with van der Waals surface area (Å²) in [5, 5.41) is 4.91. The zero-order valence-corrected chi connectivity index (χ0v) is 17.8. The Morgan fingerprint density at radius 1 is 1.03 bits per heavy atom. The molecule has 1 atom stereocenters. The fourth-order valence-electron chi connectivity index (χ4n) is 4.95. The highest BCUT2D eigenvalue weighted by atomic mass is 16.5. The largest absolute Gasteiger partial charge is 0.492 e. The topological polar surface area (TPSA) is 73.1 Å². The number of para-hydroxylation sites is 1. The van der Waals surface area contributed by atoms with Gasteiger partial charge in [-0.15, -0.1) is 0 Å². The minimum Gasteiger partial charge on any atom is -0.492 e. The molecule has 3 heterocycles. The predicted molar refractivity (Wildman–Crippen MR) is 118 cm³/mol. The van der Waals surface area contributed by atoms with Gasteiger partial charge in [-0.2, -0.15) is 5.10 Å². The molecule has 1 saturated heterocycles. The van der Waals surface area contributed by atoms with Crippen LogP contribution < -0.4 is 4.74 Å². The molecule has 0 bridgehead atoms. The average Bonchev–Trinajstić information content (AvgIpc) is 3.48. The number of carbonyl (C=O) groups is 1. The number of rotatable bonds is 6. The monoisotopic (exact) mass is 419 g/mol. The Hall–Kier alpha value is -2.96. The Morgan fingerprint density at radius 2 is 1.84 bits per heavy atom. The fourth-order valence-corrected chi connectivity index (χ4v) is 4.95. The van der Waals surface area contributed by atoms with Crippen molar-refractivity contribution in [3.05, 3.63) is 48.4 Å². The first-order valence-electron chi connectivity index (χ1n) is 11.4. The summed E-state index contributed by atoms with van der Waals surface area (Å²) in [6.45, 7) is 2.70. The first-order valence-corrected chi connectivity index (χ1v) is 11.4. The summed E-state index contributed by atoms with van der Waals surface area (Å²) in [6, 6.07) is 9.79. The lowest BCUT2D eigenvalue weighted by atomic mass is 9.93. The van der Waals surface area contributed by atoms with Crippen molar-refractivity contribution in [3.63, 3.8) is 0 Å². The van der Waals surface area contributed by atoms with Crippen LogP contribution in [-0.4, -0.2) is 50.3 Å². The van der Waals surface area contributed by atoms with E-state index in [0.29, 0.717) is 19.1 Å². The molecule has 1 aliphatic heterocycles. The van der Waals surface area contributed by atoms with Crippen molar-refractivity contribution in [2.24, 2.45) is 5.92 Å². The van der Waals surface area contributed by atoms with Crippen molar-refractivity contribution in [3.8, 4) is 5.75 Å². The number of amides is 1. The lowest BCUT2D eigenvalue weighted by molar-refractivity contribution is -0.136. The Balaban J connectivity index is 1.32. The highest BCUT2D eigenvalue weighted by molar-refractivity contribution is 5.79. The molecule has 1 amide bonds. The number of fused-ring (bicyclic) bond motifs is 1. The molecule has 7 heteroatoms. The molecule has 0 unspecified atom stereocenters. The minimum absolute atomic E-state index is 0.203. The number of likely N-dealkylation sites (tertiary alicyclic amines) is 1. The zero-order chi connectivity index (χ0) is 21.0. The van der Waals surface area contributed by atoms with Crippen molar-refractivity contribution >= 4 is 17.1 Å². The third-order valence-electron chi connectivity index (χ3n) is 6.53. The Bertz CT molecular complexity index is 1030. The van der Waals surface area contributed by atoms with Crippen LogP contribution >= 0.6 is 0 Å². The van der Waals surface area contributed by atoms with Crippen molar-refractivity contribution in [2.45, 2.75) is 51.0 Å². The normalized spacial score (nSPS) is 19.7. The van der Waals surface area contributed by atoms with Gasteiger partial charge in [-0.25, -0.2) is 14.6 Å². The lowest BCUT2D eigenvalue weighted by Gasteiger charge is -2.33. The van der Waals surface area contributed by atoms with Crippen LogP contribution in [0.4, 0.5) is 0 Å². The van der Waals surface area contributed by atoms with Crippen LogP contribution in [-0.2, 0) is 11.3 Å². The number of aromatic nitrogens is 4. The van der Waals surface area contributed by atoms with Gasteiger partial charge in [0.05, 0.1) is 12.2 Å². The Labute approximate surface area is 182 Å². The van der Waals surface area contributed by atoms with Crippen LogP contribution in [0.1, 0.15) is 50.1 Å². The third-order valence-corrected chi connectivity index (χ3v) is 6.53. The van der Waals surface area contributed by atoms with E-state index in [2.05, 4.69) is 14.9 Å². The molecule has 2 fully saturated rings. The molecule has 5 rings (SSSR count). The molecule has 3 aromatic rings. The number of hydrogen-bond donors (Lipinski definition) is 0. The fraction of sp³-hybridized carbons (Fsp3) is 0.500. The van der Waals surface area contributed by atoms with E-state index in [-0.39, 0.29) is 11.8 Å². The van der Waals surface area contributed by atoms with E-state index >= 15 is 0 Å². The van der Waals surface area contributed by atoms with Gasteiger partial charge in [0, 0.05) is 37.3 Å². The van der Waals surface area contributed by atoms with Gasteiger partial charge >= 0.3 is 0 Å². The second-order valence-corrected chi connectivity index (χ2v) is 8.60. The summed E-state index contributed by atoms with van der Waals surface area (Å²) in [4.78, 5) is 24.2. The van der Waals surface area contributed by atoms with Crippen molar-refractivity contribution in [2.75, 3.05) is 19.7 Å². The summed E-state index contributed by atoms with van der Waals surface area (Å²) in [7, 11) is 0. The lowest BCUT2D eigenvalue weighted by Crippen LogP contribution is -2.42. The van der Waals surface area contributed by atoms with Crippen LogP contribution in [0.2, 0.25) is 0 Å². The molecule has 162 valence electrons. The van der Waals surface area contributed by atoms with Crippen molar-refractivity contribution < 1.29 is 9.53 Å². The van der Waals surface area contributed by atoms with Crippen LogP contribution in [0.3, 0.4) is 0 Å². The molecule has 1 aromatic carbocycles. The SMILES string of the molecule is O=C(C1CCCC1)N1CCC[C@@H](c2nn(CCOc3ccccc3)c3nccnc23)C1. The van der Waals surface area contributed by atoms with E-state index < -0.39 is 0 Å². The maximum Gasteiger partial charge on any atom is 0.225 e. The van der Waals surface area contributed by atoms with Gasteiger partial charge in [0.2, 0.25) is 5.91 Å². The predicted octanol–water partition coefficient (Wildman–Crippen LogP) is 3.80. The second kappa shape index (κ2) is 9.04. The van der Waals surface area contributed by atoms with Crippen LogP contribution in [0.5, 0.6) is 5.75 Å². The molecule has 0 N–H and O–H groups in total. The number of carbonyl (C=O) groups excluding carboxylic acids is 1. The van der Waals surface area contributed by atoms with Gasteiger partial charge in [0.25, 0.3) is 0 Å². The third kappa shape index (κ3) is 4.27. The molecule has 7 nitrogen and oxygen atoms in total. The Kier molecular flexibility index (Phi) is 5.82. The molecule has 0 spiro atoms. The number of nitrogens with zero attached hydrogens (tertiary/aromatic N) is 5. The number of hydrogen-bond acceptors (Lipinski definition) is 5. The van der Waals surface area contributed by atoms with E-state index in [0.717, 1.165) is 61.4 Å². The summed E-state index contributed by atoms with van der Waals surface area (Å²) in [6.07, 6.45) is 9.93. The standard InChI is InChI=1S/C24H29N5O2/c30-24(18-7-4-5-8-18)28-14-6-9-19(17-28)21-22-23(26-13-12-25-22)29(27-21)15-16-31-20-10-2-1-3-11-20/h1-3,10-13,18-19H,4-9,14-17H2/t19-/m1/s1. The first-order chi connectivity index (χ1) is 15.3. The van der Waals surface area contributed by atoms with Gasteiger partial charge in [-0.05, 0) is 37.8 Å². The van der Waals surface area contributed by atoms with E-state index in [9.17, 15) is 4.79 Å². The maximum absolute atomic E-state index is 13.0. The molecular formula is C24H29N5O2. The van der Waals surface area contributed by atoms with Gasteiger partial charge in [-0.3, -0.25) is 4.79 Å². The van der Waals surface area contributed by atoms with Gasteiger partial charge in [0.1, 0.15) is 17.9 Å². The smallest absolute Gasteiger partial charge is 0.225 e. The maximum atomic E-state index is 13.0. The Morgan fingerprint density at radius 3 is 2.68 bits per heavy atom. The number of benzene rings is 1. The highest BCUT2D eigenvalue weighted by Crippen LogP contribution is 2.33. The van der Waals surface area contributed by atoms with Crippen LogP contribution in [0.25, 0.3) is 11.2 Å². The quantitative estimate of drug-likeness (QED) is 0.608. The minimum atomic E-state index is 0.203. The molecule has 31 heavy (non-hydrogen) atoms. The van der Waals surface area contributed by atoms with E-state index in [4.69, 9.17) is 9.84 Å². The summed E-state index contributed by atoms with van der Waals surface area (Å²) in [5.74, 6) is 1.62. The number of ether oxygens (including phenoxy) is 1. The number of piperidine rings is 1. The van der Waals surface area contributed by atoms with E-state index in [1.807, 2.05) is 35.0 Å². The first kappa shape index (κ1) is 20.0. The van der Waals surface area contributed by atoms with Gasteiger partial charge in [0.15, 0.2) is 5.65 Å². The van der Waals surface area contributed by atoms with Crippen LogP contribution in [0.15, 0.2) is 42.7 Å². The molecule has 2 aliphatic rings. The summed E-state index contributed by atoms with van der Waals surface area (Å²) in [5.41, 5.74) is 2.60. The van der Waals surface area contributed by atoms with Crippen LogP contribution in [0, 0.1) is 5.92 Å². The second-order valence-electron chi connectivity index (χ2n) is 8.60. The highest BCUT2D eigenvalue weighted by Gasteiger charge is 2.33. The van der Waals surface area contributed by atoms with Crippen molar-refractivity contribution in [1.29, 1.82) is 0 Å². The molecular weight excluding hydrogens is 390 g/mol. The molecule has 1 saturated carbocycles. The molecule has 1 aliphatic carbocycles. The van der Waals surface area contributed by atoms with E-state index in [1.165, 1.54) is 12.8 Å². The summed E-state index contributed by atoms with van der Waals surface area (Å²) >= 11 is 0. The molecule has 0 radical (unpaired) electrons.